The molecule has 0 radical (unpaired) electrons. The summed E-state index contributed by atoms with van der Waals surface area (Å²) in [6, 6.07) is 4.56. The van der Waals surface area contributed by atoms with Crippen molar-refractivity contribution in [2.75, 3.05) is 7.11 Å². The second kappa shape index (κ2) is 4.94. The monoisotopic (exact) mass is 204 g/mol. The lowest BCUT2D eigenvalue weighted by atomic mass is 10.2. The Morgan fingerprint density at radius 3 is 3.00 bits per heavy atom. The van der Waals surface area contributed by atoms with Crippen LogP contribution < -0.4 is 10.1 Å². The van der Waals surface area contributed by atoms with Crippen LogP contribution in [0.1, 0.15) is 18.4 Å². The van der Waals surface area contributed by atoms with E-state index in [0.717, 1.165) is 30.8 Å². The maximum absolute atomic E-state index is 5.19. The summed E-state index contributed by atoms with van der Waals surface area (Å²) in [5.41, 5.74) is 1.12. The van der Waals surface area contributed by atoms with E-state index in [9.17, 15) is 0 Å². The van der Waals surface area contributed by atoms with E-state index in [0.29, 0.717) is 6.04 Å². The van der Waals surface area contributed by atoms with E-state index >= 15 is 0 Å². The first-order valence-corrected chi connectivity index (χ1v) is 5.26. The summed E-state index contributed by atoms with van der Waals surface area (Å²) in [6.45, 7) is 0.823. The third kappa shape index (κ3) is 2.57. The number of aromatic nitrogens is 1. The first kappa shape index (κ1) is 10.2. The predicted octanol–water partition coefficient (Wildman–Crippen LogP) is 1.90. The van der Waals surface area contributed by atoms with Crippen LogP contribution in [0, 0.1) is 0 Å². The summed E-state index contributed by atoms with van der Waals surface area (Å²) in [5, 5.41) is 3.49. The zero-order valence-corrected chi connectivity index (χ0v) is 8.94. The Labute approximate surface area is 90.2 Å². The molecular weight excluding hydrogens is 188 g/mol. The highest BCUT2D eigenvalue weighted by atomic mass is 16.5. The Hall–Kier alpha value is -1.35. The van der Waals surface area contributed by atoms with Crippen LogP contribution in [0.4, 0.5) is 0 Å². The third-order valence-electron chi connectivity index (χ3n) is 2.63. The Morgan fingerprint density at radius 1 is 1.47 bits per heavy atom. The van der Waals surface area contributed by atoms with Crippen molar-refractivity contribution in [1.82, 2.24) is 10.3 Å². The number of nitrogens with one attached hydrogen (secondary N) is 1. The lowest BCUT2D eigenvalue weighted by Gasteiger charge is -2.13. The summed E-state index contributed by atoms with van der Waals surface area (Å²) in [7, 11) is 1.66. The Bertz CT molecular complexity index is 341. The van der Waals surface area contributed by atoms with Gasteiger partial charge in [0.25, 0.3) is 0 Å². The molecule has 0 bridgehead atoms. The normalized spacial score (nSPS) is 15.8. The van der Waals surface area contributed by atoms with Crippen LogP contribution in [0.15, 0.2) is 30.5 Å². The zero-order chi connectivity index (χ0) is 10.5. The first-order valence-electron chi connectivity index (χ1n) is 5.26. The molecule has 1 aromatic heterocycles. The predicted molar refractivity (Wildman–Crippen MR) is 59.8 cm³/mol. The Kier molecular flexibility index (Phi) is 3.35. The fourth-order valence-corrected chi connectivity index (χ4v) is 1.78. The van der Waals surface area contributed by atoms with Crippen molar-refractivity contribution in [3.05, 3.63) is 36.0 Å². The van der Waals surface area contributed by atoms with E-state index in [4.69, 9.17) is 4.74 Å². The van der Waals surface area contributed by atoms with Gasteiger partial charge in [-0.05, 0) is 18.9 Å². The van der Waals surface area contributed by atoms with Gasteiger partial charge in [0.1, 0.15) is 0 Å². The topological polar surface area (TPSA) is 34.1 Å². The van der Waals surface area contributed by atoms with E-state index < -0.39 is 0 Å². The molecule has 0 saturated heterocycles. The Balaban J connectivity index is 1.92. The van der Waals surface area contributed by atoms with Crippen LogP contribution in [0.25, 0.3) is 0 Å². The average Bonchev–Trinajstić information content (AvgIpc) is 2.79. The minimum absolute atomic E-state index is 0.579. The molecule has 2 rings (SSSR count). The Morgan fingerprint density at radius 2 is 2.27 bits per heavy atom. The standard InChI is InChI=1S/C12H16N2O/c1-15-12-10(5-4-8-13-12)9-14-11-6-2-3-7-11/h2-5,8,11,14H,6-7,9H2,1H3. The second-order valence-corrected chi connectivity index (χ2v) is 3.69. The van der Waals surface area contributed by atoms with Crippen LogP contribution in [0.3, 0.4) is 0 Å². The van der Waals surface area contributed by atoms with Crippen molar-refractivity contribution in [2.45, 2.75) is 25.4 Å². The van der Waals surface area contributed by atoms with E-state index in [-0.39, 0.29) is 0 Å². The van der Waals surface area contributed by atoms with E-state index in [1.54, 1.807) is 13.3 Å². The molecule has 3 heteroatoms. The number of rotatable bonds is 4. The van der Waals surface area contributed by atoms with Crippen LogP contribution >= 0.6 is 0 Å². The van der Waals surface area contributed by atoms with Gasteiger partial charge in [-0.2, -0.15) is 0 Å². The molecule has 0 spiro atoms. The van der Waals surface area contributed by atoms with Crippen molar-refractivity contribution in [2.24, 2.45) is 0 Å². The van der Waals surface area contributed by atoms with Gasteiger partial charge >= 0.3 is 0 Å². The molecule has 1 N–H and O–H groups in total. The van der Waals surface area contributed by atoms with Gasteiger partial charge in [-0.15, -0.1) is 0 Å². The van der Waals surface area contributed by atoms with Crippen LogP contribution in [0.5, 0.6) is 5.88 Å². The van der Waals surface area contributed by atoms with E-state index in [1.807, 2.05) is 12.1 Å². The molecule has 1 aliphatic rings. The molecule has 0 saturated carbocycles. The molecule has 1 aromatic rings. The lowest BCUT2D eigenvalue weighted by molar-refractivity contribution is 0.388. The molecule has 15 heavy (non-hydrogen) atoms. The molecule has 1 aliphatic carbocycles. The summed E-state index contributed by atoms with van der Waals surface area (Å²) in [4.78, 5) is 4.16. The van der Waals surface area contributed by atoms with Crippen molar-refractivity contribution in [3.8, 4) is 5.88 Å². The highest BCUT2D eigenvalue weighted by Gasteiger charge is 2.10. The molecule has 0 aliphatic heterocycles. The largest absolute Gasteiger partial charge is 0.481 e. The average molecular weight is 204 g/mol. The van der Waals surface area contributed by atoms with Gasteiger partial charge in [0.05, 0.1) is 7.11 Å². The van der Waals surface area contributed by atoms with Crippen LogP contribution in [-0.4, -0.2) is 18.1 Å². The lowest BCUT2D eigenvalue weighted by Crippen LogP contribution is -2.25. The molecular formula is C12H16N2O. The van der Waals surface area contributed by atoms with Crippen molar-refractivity contribution >= 4 is 0 Å². The van der Waals surface area contributed by atoms with Crippen LogP contribution in [-0.2, 0) is 6.54 Å². The van der Waals surface area contributed by atoms with Gasteiger partial charge in [-0.1, -0.05) is 18.2 Å². The van der Waals surface area contributed by atoms with Crippen molar-refractivity contribution in [1.29, 1.82) is 0 Å². The highest BCUT2D eigenvalue weighted by Crippen LogP contribution is 2.15. The van der Waals surface area contributed by atoms with Gasteiger partial charge in [-0.25, -0.2) is 4.98 Å². The molecule has 0 atom stereocenters. The molecule has 0 fully saturated rings. The quantitative estimate of drug-likeness (QED) is 0.761. The fourth-order valence-electron chi connectivity index (χ4n) is 1.78. The molecule has 80 valence electrons. The molecule has 3 nitrogen and oxygen atoms in total. The van der Waals surface area contributed by atoms with Gasteiger partial charge in [0, 0.05) is 24.3 Å². The second-order valence-electron chi connectivity index (χ2n) is 3.69. The number of hydrogen-bond acceptors (Lipinski definition) is 3. The van der Waals surface area contributed by atoms with E-state index in [1.165, 1.54) is 0 Å². The van der Waals surface area contributed by atoms with Crippen molar-refractivity contribution < 1.29 is 4.74 Å². The van der Waals surface area contributed by atoms with E-state index in [2.05, 4.69) is 22.5 Å². The number of hydrogen-bond donors (Lipinski definition) is 1. The van der Waals surface area contributed by atoms with Gasteiger partial charge < -0.3 is 10.1 Å². The van der Waals surface area contributed by atoms with Gasteiger partial charge in [0.15, 0.2) is 0 Å². The highest BCUT2D eigenvalue weighted by molar-refractivity contribution is 5.25. The molecule has 0 unspecified atom stereocenters. The van der Waals surface area contributed by atoms with Gasteiger partial charge in [0.2, 0.25) is 5.88 Å². The molecule has 0 aromatic carbocycles. The minimum Gasteiger partial charge on any atom is -0.481 e. The first-order chi connectivity index (χ1) is 7.40. The fraction of sp³-hybridized carbons (Fsp3) is 0.417. The summed E-state index contributed by atoms with van der Waals surface area (Å²) in [5.74, 6) is 0.718. The maximum atomic E-state index is 5.19. The third-order valence-corrected chi connectivity index (χ3v) is 2.63. The van der Waals surface area contributed by atoms with Crippen molar-refractivity contribution in [3.63, 3.8) is 0 Å². The molecule has 1 heterocycles. The summed E-state index contributed by atoms with van der Waals surface area (Å²) in [6.07, 6.45) is 8.45. The SMILES string of the molecule is COc1ncccc1CNC1CC=CC1. The zero-order valence-electron chi connectivity index (χ0n) is 8.94. The minimum atomic E-state index is 0.579. The maximum Gasteiger partial charge on any atom is 0.217 e. The molecule has 0 amide bonds. The number of pyridine rings is 1. The number of methoxy groups -OCH3 is 1. The van der Waals surface area contributed by atoms with Gasteiger partial charge in [-0.3, -0.25) is 0 Å². The summed E-state index contributed by atoms with van der Waals surface area (Å²) >= 11 is 0. The number of ether oxygens (including phenoxy) is 1. The smallest absolute Gasteiger partial charge is 0.217 e. The number of nitrogens with zero attached hydrogens (tertiary/aromatic N) is 1. The summed E-state index contributed by atoms with van der Waals surface area (Å²) < 4.78 is 5.19. The van der Waals surface area contributed by atoms with Crippen LogP contribution in [0.2, 0.25) is 0 Å².